The summed E-state index contributed by atoms with van der Waals surface area (Å²) in [7, 11) is 0.804. The zero-order valence-electron chi connectivity index (χ0n) is 39.3. The number of hydrogen-bond donors (Lipinski definition) is 1. The van der Waals surface area contributed by atoms with E-state index in [1.807, 2.05) is 0 Å². The minimum atomic E-state index is 0.0617. The quantitative estimate of drug-likeness (QED) is 0.168. The van der Waals surface area contributed by atoms with Gasteiger partial charge in [-0.15, -0.1) is 0 Å². The summed E-state index contributed by atoms with van der Waals surface area (Å²) < 4.78 is 5.11. The lowest BCUT2D eigenvalue weighted by atomic mass is 9.59. The van der Waals surface area contributed by atoms with E-state index in [0.717, 1.165) is 36.4 Å². The van der Waals surface area contributed by atoms with Crippen molar-refractivity contribution in [3.63, 3.8) is 0 Å². The summed E-state index contributed by atoms with van der Waals surface area (Å²) in [6.45, 7) is 12.0. The Morgan fingerprint density at radius 3 is 1.76 bits per heavy atom. The molecule has 14 rings (SSSR count). The van der Waals surface area contributed by atoms with Crippen LogP contribution in [0.25, 0.3) is 76.7 Å². The Balaban J connectivity index is 1.15. The van der Waals surface area contributed by atoms with Crippen molar-refractivity contribution in [2.24, 2.45) is 0 Å². The van der Waals surface area contributed by atoms with Gasteiger partial charge in [0.15, 0.2) is 7.28 Å². The van der Waals surface area contributed by atoms with Crippen molar-refractivity contribution in [2.75, 3.05) is 10.2 Å². The number of benzene rings is 9. The van der Waals surface area contributed by atoms with Crippen LogP contribution in [-0.4, -0.2) is 16.2 Å². The van der Waals surface area contributed by atoms with Crippen molar-refractivity contribution in [2.45, 2.75) is 58.3 Å². The average Bonchev–Trinajstić information content (AvgIpc) is 4.00. The lowest BCUT2D eigenvalue weighted by molar-refractivity contribution is 0.332. The van der Waals surface area contributed by atoms with Gasteiger partial charge < -0.3 is 19.2 Å². The molecular weight excluding hydrogens is 824 g/mol. The second kappa shape index (κ2) is 14.1. The van der Waals surface area contributed by atoms with Crippen molar-refractivity contribution < 1.29 is 0 Å². The van der Waals surface area contributed by atoms with Crippen LogP contribution in [0.3, 0.4) is 0 Å². The maximum atomic E-state index is 4.28. The van der Waals surface area contributed by atoms with Crippen molar-refractivity contribution in [1.82, 2.24) is 8.97 Å². The molecule has 0 bridgehead atoms. The summed E-state index contributed by atoms with van der Waals surface area (Å²) in [5.41, 5.74) is 22.6. The second-order valence-electron chi connectivity index (χ2n) is 20.9. The molecule has 4 heterocycles. The monoisotopic (exact) mass is 874 g/mol. The smallest absolute Gasteiger partial charge is 0.198 e. The Labute approximate surface area is 397 Å². The van der Waals surface area contributed by atoms with Crippen molar-refractivity contribution in [1.29, 1.82) is 0 Å². The van der Waals surface area contributed by atoms with Gasteiger partial charge in [0.05, 0.1) is 22.1 Å². The van der Waals surface area contributed by atoms with Crippen LogP contribution in [0.15, 0.2) is 182 Å². The first-order valence-electron chi connectivity index (χ1n) is 24.4. The fourth-order valence-corrected chi connectivity index (χ4v) is 12.6. The van der Waals surface area contributed by atoms with Crippen LogP contribution < -0.4 is 21.1 Å². The molecule has 12 aromatic rings. The van der Waals surface area contributed by atoms with Crippen LogP contribution in [0.2, 0.25) is 0 Å². The lowest BCUT2D eigenvalue weighted by Gasteiger charge is -2.42. The Kier molecular flexibility index (Phi) is 8.19. The number of rotatable bonds is 6. The molecule has 0 saturated carbocycles. The number of nitrogens with one attached hydrogen (secondary N) is 1. The molecule has 0 unspecified atom stereocenters. The third-order valence-electron chi connectivity index (χ3n) is 16.0. The number of hydrogen-bond acceptors (Lipinski definition) is 2. The van der Waals surface area contributed by atoms with Crippen LogP contribution in [0.1, 0.15) is 57.2 Å². The average molecular weight is 875 g/mol. The molecule has 1 aliphatic carbocycles. The Morgan fingerprint density at radius 1 is 0.500 bits per heavy atom. The molecule has 1 N–H and O–H groups in total. The first-order chi connectivity index (χ1) is 33.1. The summed E-state index contributed by atoms with van der Waals surface area (Å²) >= 11 is 0. The van der Waals surface area contributed by atoms with Crippen LogP contribution in [0.4, 0.5) is 28.4 Å². The number of aromatic nitrogens is 2. The summed E-state index contributed by atoms with van der Waals surface area (Å²) in [6, 6.07) is 68.2. The molecule has 68 heavy (non-hydrogen) atoms. The van der Waals surface area contributed by atoms with E-state index in [-0.39, 0.29) is 10.8 Å². The van der Waals surface area contributed by atoms with Gasteiger partial charge in [0.2, 0.25) is 0 Å². The van der Waals surface area contributed by atoms with Crippen molar-refractivity contribution >= 4 is 107 Å². The lowest BCUT2D eigenvalue weighted by Crippen LogP contribution is -2.37. The van der Waals surface area contributed by atoms with Gasteiger partial charge in [-0.1, -0.05) is 148 Å². The molecule has 0 spiro atoms. The van der Waals surface area contributed by atoms with Gasteiger partial charge in [-0.05, 0) is 125 Å². The van der Waals surface area contributed by atoms with Gasteiger partial charge in [-0.25, -0.2) is 0 Å². The third kappa shape index (κ3) is 5.50. The van der Waals surface area contributed by atoms with Crippen LogP contribution >= 0.6 is 0 Å². The van der Waals surface area contributed by atoms with E-state index in [1.165, 1.54) is 116 Å². The molecular formula is C63H51BN4. The van der Waals surface area contributed by atoms with Gasteiger partial charge in [0.1, 0.15) is 0 Å². The maximum Gasteiger partial charge on any atom is 0.198 e. The van der Waals surface area contributed by atoms with Gasteiger partial charge >= 0.3 is 0 Å². The Hall–Kier alpha value is -7.76. The van der Waals surface area contributed by atoms with E-state index >= 15 is 0 Å². The van der Waals surface area contributed by atoms with E-state index in [2.05, 4.69) is 236 Å². The zero-order chi connectivity index (χ0) is 45.6. The van der Waals surface area contributed by atoms with Crippen LogP contribution in [0.5, 0.6) is 0 Å². The predicted molar refractivity (Wildman–Crippen MR) is 292 cm³/mol. The highest BCUT2D eigenvalue weighted by Gasteiger charge is 2.38. The third-order valence-corrected chi connectivity index (χ3v) is 16.0. The first-order valence-corrected chi connectivity index (χ1v) is 24.4. The van der Waals surface area contributed by atoms with Gasteiger partial charge in [-0.2, -0.15) is 0 Å². The SMILES string of the molecule is Cc1cc2c(cc1Nc1cc3c4ccccc4n4c5ccccc5c(c1-c1cc(N(c5ccccc5)c5ccccc5)cc5c1Bc1cccc6c7ccccc7n-5c16)c34)C(C)(C)CCC2(C)C. The largest absolute Gasteiger partial charge is 0.355 e. The molecule has 2 aliphatic rings. The second-order valence-corrected chi connectivity index (χ2v) is 20.9. The fraction of sp³-hybridized carbons (Fsp3) is 0.143. The molecule has 0 radical (unpaired) electrons. The standard InChI is InChI=1S/C63H51BN4/c1-38-33-48-49(63(4,5)32-31-62(48,2)3)37-51(38)65-52-36-46-43-24-13-16-29-54(43)67-55-30-17-14-25-45(55)58(61(46)67)57(52)47-34-41(66(39-19-8-6-9-20-39)40-21-10-7-11-22-40)35-56-59(47)64-50-27-18-26-44-42-23-12-15-28-53(42)68(56)60(44)50/h6-30,33-37,64-65H,31-32H2,1-5H3. The van der Waals surface area contributed by atoms with Crippen molar-refractivity contribution in [3.05, 3.63) is 199 Å². The number of anilines is 5. The molecule has 3 aromatic heterocycles. The van der Waals surface area contributed by atoms with Gasteiger partial charge in [0.25, 0.3) is 0 Å². The van der Waals surface area contributed by atoms with Crippen LogP contribution in [0, 0.1) is 6.92 Å². The molecule has 9 aromatic carbocycles. The summed E-state index contributed by atoms with van der Waals surface area (Å²) in [4.78, 5) is 2.44. The van der Waals surface area contributed by atoms with E-state index in [9.17, 15) is 0 Å². The minimum absolute atomic E-state index is 0.0617. The molecule has 5 heteroatoms. The number of para-hydroxylation sites is 6. The highest BCUT2D eigenvalue weighted by molar-refractivity contribution is 6.73. The molecule has 1 aliphatic heterocycles. The van der Waals surface area contributed by atoms with E-state index < -0.39 is 0 Å². The molecule has 0 atom stereocenters. The predicted octanol–water partition coefficient (Wildman–Crippen LogP) is 15.2. The normalized spacial score (nSPS) is 14.8. The molecule has 0 saturated heterocycles. The molecule has 0 fully saturated rings. The van der Waals surface area contributed by atoms with E-state index in [0.29, 0.717) is 0 Å². The highest BCUT2D eigenvalue weighted by Crippen LogP contribution is 2.52. The highest BCUT2D eigenvalue weighted by atomic mass is 15.1. The summed E-state index contributed by atoms with van der Waals surface area (Å²) in [6.07, 6.45) is 2.34. The fourth-order valence-electron chi connectivity index (χ4n) is 12.6. The van der Waals surface area contributed by atoms with Gasteiger partial charge in [-0.3, -0.25) is 0 Å². The van der Waals surface area contributed by atoms with E-state index in [1.54, 1.807) is 0 Å². The number of fused-ring (bicyclic) bond motifs is 12. The summed E-state index contributed by atoms with van der Waals surface area (Å²) in [5, 5.41) is 11.9. The topological polar surface area (TPSA) is 24.6 Å². The molecule has 326 valence electrons. The molecule has 4 nitrogen and oxygen atoms in total. The molecule has 0 amide bonds. The number of aryl methyl sites for hydroxylation is 1. The Bertz CT molecular complexity index is 4000. The first kappa shape index (κ1) is 39.4. The maximum absolute atomic E-state index is 4.28. The minimum Gasteiger partial charge on any atom is -0.355 e. The van der Waals surface area contributed by atoms with Gasteiger partial charge in [0, 0.05) is 77.5 Å². The Morgan fingerprint density at radius 2 is 1.07 bits per heavy atom. The number of nitrogens with zero attached hydrogens (tertiary/aromatic N) is 3. The van der Waals surface area contributed by atoms with Crippen LogP contribution in [-0.2, 0) is 10.8 Å². The zero-order valence-corrected chi connectivity index (χ0v) is 39.3. The van der Waals surface area contributed by atoms with Crippen molar-refractivity contribution in [3.8, 4) is 16.8 Å². The summed E-state index contributed by atoms with van der Waals surface area (Å²) in [5.74, 6) is 0. The van der Waals surface area contributed by atoms with E-state index in [4.69, 9.17) is 0 Å².